The number of halogens is 1. The van der Waals surface area contributed by atoms with Crippen LogP contribution in [0.2, 0.25) is 5.02 Å². The van der Waals surface area contributed by atoms with E-state index in [1.807, 2.05) is 18.2 Å². The highest BCUT2D eigenvalue weighted by atomic mass is 35.5. The lowest BCUT2D eigenvalue weighted by atomic mass is 9.97. The molecule has 0 amide bonds. The van der Waals surface area contributed by atoms with E-state index in [1.54, 1.807) is 0 Å². The van der Waals surface area contributed by atoms with Crippen molar-refractivity contribution < 1.29 is 0 Å². The molecule has 1 heterocycles. The Morgan fingerprint density at radius 2 is 2.17 bits per heavy atom. The Kier molecular flexibility index (Phi) is 4.59. The minimum atomic E-state index is 0.0939. The number of nitrogens with two attached hydrogens (primary N) is 1. The van der Waals surface area contributed by atoms with Gasteiger partial charge in [0.1, 0.15) is 0 Å². The van der Waals surface area contributed by atoms with Crippen LogP contribution in [0.1, 0.15) is 11.6 Å². The predicted molar refractivity (Wildman–Crippen MR) is 75.4 cm³/mol. The number of nitrogens with one attached hydrogen (secondary N) is 1. The van der Waals surface area contributed by atoms with Crippen molar-refractivity contribution in [2.75, 3.05) is 33.7 Å². The van der Waals surface area contributed by atoms with Crippen molar-refractivity contribution >= 4 is 11.6 Å². The van der Waals surface area contributed by atoms with Gasteiger partial charge in [0.15, 0.2) is 0 Å². The molecular weight excluding hydrogens is 248 g/mol. The Balaban J connectivity index is 2.21. The van der Waals surface area contributed by atoms with E-state index in [0.29, 0.717) is 6.04 Å². The third kappa shape index (κ3) is 3.02. The molecule has 100 valence electrons. The number of rotatable bonds is 3. The van der Waals surface area contributed by atoms with Crippen LogP contribution in [-0.4, -0.2) is 49.6 Å². The average Bonchev–Trinajstić information content (AvgIpc) is 2.35. The summed E-state index contributed by atoms with van der Waals surface area (Å²) in [6, 6.07) is 8.35. The van der Waals surface area contributed by atoms with Crippen molar-refractivity contribution in [2.45, 2.75) is 12.1 Å². The predicted octanol–water partition coefficient (Wildman–Crippen LogP) is 1.09. The van der Waals surface area contributed by atoms with Gasteiger partial charge >= 0.3 is 0 Å². The number of piperazine rings is 1. The van der Waals surface area contributed by atoms with Gasteiger partial charge in [-0.05, 0) is 31.8 Å². The second-order valence-electron chi connectivity index (χ2n) is 5.01. The zero-order valence-electron chi connectivity index (χ0n) is 10.9. The molecule has 1 aromatic carbocycles. The molecule has 3 N–H and O–H groups in total. The molecule has 2 unspecified atom stereocenters. The Hall–Kier alpha value is -0.650. The third-order valence-corrected chi connectivity index (χ3v) is 3.91. The summed E-state index contributed by atoms with van der Waals surface area (Å²) in [6.45, 7) is 3.15. The van der Waals surface area contributed by atoms with Crippen molar-refractivity contribution in [2.24, 2.45) is 5.84 Å². The van der Waals surface area contributed by atoms with Crippen LogP contribution in [0.25, 0.3) is 0 Å². The monoisotopic (exact) mass is 268 g/mol. The molecule has 0 radical (unpaired) electrons. The molecule has 1 saturated heterocycles. The van der Waals surface area contributed by atoms with E-state index in [2.05, 4.69) is 35.4 Å². The summed E-state index contributed by atoms with van der Waals surface area (Å²) in [5.74, 6) is 5.76. The largest absolute Gasteiger partial charge is 0.303 e. The number of hydrogen-bond donors (Lipinski definition) is 2. The third-order valence-electron chi connectivity index (χ3n) is 3.67. The van der Waals surface area contributed by atoms with Gasteiger partial charge in [-0.1, -0.05) is 23.7 Å². The Labute approximate surface area is 114 Å². The fourth-order valence-corrected chi connectivity index (χ4v) is 2.73. The van der Waals surface area contributed by atoms with Gasteiger partial charge in [0.25, 0.3) is 0 Å². The lowest BCUT2D eigenvalue weighted by Gasteiger charge is -2.41. The number of hydrazine groups is 1. The average molecular weight is 269 g/mol. The number of benzene rings is 1. The van der Waals surface area contributed by atoms with E-state index in [0.717, 1.165) is 30.2 Å². The van der Waals surface area contributed by atoms with Gasteiger partial charge in [-0.3, -0.25) is 16.2 Å². The van der Waals surface area contributed by atoms with Crippen molar-refractivity contribution in [3.8, 4) is 0 Å². The van der Waals surface area contributed by atoms with Crippen LogP contribution in [0.3, 0.4) is 0 Å². The second kappa shape index (κ2) is 5.99. The molecule has 2 atom stereocenters. The van der Waals surface area contributed by atoms with E-state index in [4.69, 9.17) is 17.4 Å². The highest BCUT2D eigenvalue weighted by molar-refractivity contribution is 6.30. The van der Waals surface area contributed by atoms with E-state index >= 15 is 0 Å². The molecule has 0 aromatic heterocycles. The van der Waals surface area contributed by atoms with E-state index < -0.39 is 0 Å². The van der Waals surface area contributed by atoms with Crippen LogP contribution >= 0.6 is 11.6 Å². The zero-order valence-corrected chi connectivity index (χ0v) is 11.7. The first-order valence-corrected chi connectivity index (χ1v) is 6.60. The van der Waals surface area contributed by atoms with Crippen LogP contribution in [-0.2, 0) is 0 Å². The fourth-order valence-electron chi connectivity index (χ4n) is 2.53. The molecule has 1 aromatic rings. The maximum absolute atomic E-state index is 6.06. The van der Waals surface area contributed by atoms with Crippen molar-refractivity contribution in [1.29, 1.82) is 0 Å². The minimum Gasteiger partial charge on any atom is -0.303 e. The lowest BCUT2D eigenvalue weighted by Crippen LogP contribution is -2.56. The molecule has 5 heteroatoms. The SMILES string of the molecule is CN1CCN(C)C(C(NN)c2cccc(Cl)c2)C1. The lowest BCUT2D eigenvalue weighted by molar-refractivity contribution is 0.0876. The first-order valence-electron chi connectivity index (χ1n) is 6.22. The Morgan fingerprint density at radius 1 is 1.39 bits per heavy atom. The van der Waals surface area contributed by atoms with Crippen LogP contribution in [0.15, 0.2) is 24.3 Å². The first-order chi connectivity index (χ1) is 8.61. The fraction of sp³-hybridized carbons (Fsp3) is 0.538. The summed E-state index contributed by atoms with van der Waals surface area (Å²) in [6.07, 6.45) is 0. The topological polar surface area (TPSA) is 44.5 Å². The summed E-state index contributed by atoms with van der Waals surface area (Å²) in [4.78, 5) is 4.69. The minimum absolute atomic E-state index is 0.0939. The molecule has 0 spiro atoms. The van der Waals surface area contributed by atoms with E-state index in [1.165, 1.54) is 0 Å². The number of likely N-dealkylation sites (N-methyl/N-ethyl adjacent to an activating group) is 2. The Morgan fingerprint density at radius 3 is 2.83 bits per heavy atom. The van der Waals surface area contributed by atoms with Crippen molar-refractivity contribution in [3.05, 3.63) is 34.9 Å². The zero-order chi connectivity index (χ0) is 13.1. The molecule has 2 rings (SSSR count). The summed E-state index contributed by atoms with van der Waals surface area (Å²) in [7, 11) is 4.29. The summed E-state index contributed by atoms with van der Waals surface area (Å²) >= 11 is 6.06. The number of nitrogens with zero attached hydrogens (tertiary/aromatic N) is 2. The molecule has 1 fully saturated rings. The van der Waals surface area contributed by atoms with Crippen LogP contribution in [0.4, 0.5) is 0 Å². The molecule has 0 aliphatic carbocycles. The molecule has 1 aliphatic rings. The van der Waals surface area contributed by atoms with Gasteiger partial charge in [0.05, 0.1) is 6.04 Å². The van der Waals surface area contributed by atoms with Crippen LogP contribution in [0.5, 0.6) is 0 Å². The standard InChI is InChI=1S/C13H21ClN4/c1-17-6-7-18(2)12(9-17)13(16-15)10-4-3-5-11(14)8-10/h3-5,8,12-13,16H,6-7,9,15H2,1-2H3. The van der Waals surface area contributed by atoms with Gasteiger partial charge in [-0.2, -0.15) is 0 Å². The molecule has 1 aliphatic heterocycles. The van der Waals surface area contributed by atoms with Crippen molar-refractivity contribution in [3.63, 3.8) is 0 Å². The van der Waals surface area contributed by atoms with Crippen LogP contribution < -0.4 is 11.3 Å². The highest BCUT2D eigenvalue weighted by Gasteiger charge is 2.30. The van der Waals surface area contributed by atoms with Crippen LogP contribution in [0, 0.1) is 0 Å². The van der Waals surface area contributed by atoms with Gasteiger partial charge in [0.2, 0.25) is 0 Å². The maximum Gasteiger partial charge on any atom is 0.0628 e. The molecule has 18 heavy (non-hydrogen) atoms. The van der Waals surface area contributed by atoms with Crippen molar-refractivity contribution in [1.82, 2.24) is 15.2 Å². The maximum atomic E-state index is 6.06. The van der Waals surface area contributed by atoms with E-state index in [9.17, 15) is 0 Å². The first kappa shape index (κ1) is 13.8. The quantitative estimate of drug-likeness (QED) is 0.636. The van der Waals surface area contributed by atoms with Gasteiger partial charge in [0, 0.05) is 30.7 Å². The van der Waals surface area contributed by atoms with E-state index in [-0.39, 0.29) is 6.04 Å². The van der Waals surface area contributed by atoms with Gasteiger partial charge < -0.3 is 4.90 Å². The summed E-state index contributed by atoms with van der Waals surface area (Å²) in [5.41, 5.74) is 4.08. The Bertz CT molecular complexity index is 398. The molecule has 0 saturated carbocycles. The van der Waals surface area contributed by atoms with Gasteiger partial charge in [-0.15, -0.1) is 0 Å². The smallest absolute Gasteiger partial charge is 0.0628 e. The molecule has 4 nitrogen and oxygen atoms in total. The molecule has 0 bridgehead atoms. The molecular formula is C13H21ClN4. The van der Waals surface area contributed by atoms with Gasteiger partial charge in [-0.25, -0.2) is 0 Å². The summed E-state index contributed by atoms with van der Waals surface area (Å²) in [5, 5.41) is 0.750. The number of hydrogen-bond acceptors (Lipinski definition) is 4. The second-order valence-corrected chi connectivity index (χ2v) is 5.45. The normalized spacial score (nSPS) is 24.1. The summed E-state index contributed by atoms with van der Waals surface area (Å²) < 4.78 is 0. The highest BCUT2D eigenvalue weighted by Crippen LogP contribution is 2.24.